The third-order valence-electron chi connectivity index (χ3n) is 5.60. The Labute approximate surface area is 155 Å². The minimum Gasteiger partial charge on any atom is -0.481 e. The van der Waals surface area contributed by atoms with Crippen molar-refractivity contribution in [2.24, 2.45) is 11.8 Å². The molecule has 142 valence electrons. The maximum absolute atomic E-state index is 12.2. The second-order valence-corrected chi connectivity index (χ2v) is 7.53. The van der Waals surface area contributed by atoms with Crippen LogP contribution in [0, 0.1) is 11.8 Å². The van der Waals surface area contributed by atoms with Crippen molar-refractivity contribution in [3.05, 3.63) is 30.3 Å². The lowest BCUT2D eigenvalue weighted by atomic mass is 9.86. The van der Waals surface area contributed by atoms with Gasteiger partial charge in [-0.1, -0.05) is 18.2 Å². The van der Waals surface area contributed by atoms with Gasteiger partial charge in [0.25, 0.3) is 0 Å². The molecule has 1 aromatic carbocycles. The van der Waals surface area contributed by atoms with E-state index in [1.807, 2.05) is 6.07 Å². The van der Waals surface area contributed by atoms with Crippen molar-refractivity contribution in [2.75, 3.05) is 24.5 Å². The third kappa shape index (κ3) is 5.13. The van der Waals surface area contributed by atoms with Crippen LogP contribution in [0.25, 0.3) is 0 Å². The quantitative estimate of drug-likeness (QED) is 0.755. The van der Waals surface area contributed by atoms with Gasteiger partial charge in [-0.05, 0) is 56.6 Å². The van der Waals surface area contributed by atoms with Gasteiger partial charge in [0.05, 0.1) is 5.92 Å². The Morgan fingerprint density at radius 3 is 2.50 bits per heavy atom. The zero-order valence-corrected chi connectivity index (χ0v) is 15.2. The number of nitrogens with zero attached hydrogens (tertiary/aromatic N) is 1. The molecule has 1 aliphatic heterocycles. The molecule has 26 heavy (non-hydrogen) atoms. The van der Waals surface area contributed by atoms with Crippen molar-refractivity contribution >= 4 is 17.7 Å². The number of benzene rings is 1. The van der Waals surface area contributed by atoms with Gasteiger partial charge in [-0.2, -0.15) is 0 Å². The van der Waals surface area contributed by atoms with E-state index in [9.17, 15) is 9.59 Å². The monoisotopic (exact) mass is 359 g/mol. The molecule has 1 saturated heterocycles. The highest BCUT2D eigenvalue weighted by molar-refractivity contribution is 5.74. The summed E-state index contributed by atoms with van der Waals surface area (Å²) in [4.78, 5) is 25.5. The molecule has 1 atom stereocenters. The largest absolute Gasteiger partial charge is 0.481 e. The van der Waals surface area contributed by atoms with Gasteiger partial charge >= 0.3 is 12.0 Å². The first-order valence-electron chi connectivity index (χ1n) is 9.69. The lowest BCUT2D eigenvalue weighted by molar-refractivity contribution is -0.142. The van der Waals surface area contributed by atoms with Crippen LogP contribution in [0.3, 0.4) is 0 Å². The molecule has 0 radical (unpaired) electrons. The fourth-order valence-corrected chi connectivity index (χ4v) is 4.06. The fourth-order valence-electron chi connectivity index (χ4n) is 4.06. The van der Waals surface area contributed by atoms with Gasteiger partial charge in [-0.3, -0.25) is 4.79 Å². The number of carbonyl (C=O) groups is 2. The standard InChI is InChI=1S/C20H29N3O3/c24-19(25)16-8-10-17(11-9-16)22-20(26)21-13-15-5-4-12-23(14-15)18-6-2-1-3-7-18/h1-3,6-7,15-17H,4-5,8-14H2,(H,24,25)(H2,21,22,26). The summed E-state index contributed by atoms with van der Waals surface area (Å²) in [6, 6.07) is 10.4. The molecule has 3 rings (SSSR count). The molecular formula is C20H29N3O3. The average molecular weight is 359 g/mol. The Morgan fingerprint density at radius 1 is 1.08 bits per heavy atom. The van der Waals surface area contributed by atoms with Crippen molar-refractivity contribution in [2.45, 2.75) is 44.6 Å². The van der Waals surface area contributed by atoms with Crippen LogP contribution >= 0.6 is 0 Å². The summed E-state index contributed by atoms with van der Waals surface area (Å²) in [5.41, 5.74) is 1.25. The van der Waals surface area contributed by atoms with Crippen molar-refractivity contribution in [3.8, 4) is 0 Å². The Morgan fingerprint density at radius 2 is 1.81 bits per heavy atom. The SMILES string of the molecule is O=C(NCC1CCCN(c2ccccc2)C1)NC1CCC(C(=O)O)CC1. The molecule has 1 unspecified atom stereocenters. The number of carbonyl (C=O) groups excluding carboxylic acids is 1. The van der Waals surface area contributed by atoms with Crippen LogP contribution in [0.15, 0.2) is 30.3 Å². The zero-order chi connectivity index (χ0) is 18.4. The van der Waals surface area contributed by atoms with E-state index in [0.29, 0.717) is 25.3 Å². The maximum Gasteiger partial charge on any atom is 0.315 e. The summed E-state index contributed by atoms with van der Waals surface area (Å²) in [5, 5.41) is 15.1. The van der Waals surface area contributed by atoms with Crippen LogP contribution in [-0.2, 0) is 4.79 Å². The number of urea groups is 1. The van der Waals surface area contributed by atoms with Crippen LogP contribution < -0.4 is 15.5 Å². The maximum atomic E-state index is 12.2. The number of hydrogen-bond acceptors (Lipinski definition) is 3. The number of carboxylic acids is 1. The van der Waals surface area contributed by atoms with Crippen LogP contribution in [0.1, 0.15) is 38.5 Å². The van der Waals surface area contributed by atoms with Crippen molar-refractivity contribution in [1.29, 1.82) is 0 Å². The van der Waals surface area contributed by atoms with Gasteiger partial charge in [0.2, 0.25) is 0 Å². The van der Waals surface area contributed by atoms with Gasteiger partial charge in [-0.15, -0.1) is 0 Å². The van der Waals surface area contributed by atoms with E-state index in [0.717, 1.165) is 38.8 Å². The first-order chi connectivity index (χ1) is 12.6. The van der Waals surface area contributed by atoms with Gasteiger partial charge in [-0.25, -0.2) is 4.79 Å². The Kier molecular flexibility index (Phi) is 6.36. The Balaban J connectivity index is 1.38. The normalized spacial score (nSPS) is 26.2. The first-order valence-corrected chi connectivity index (χ1v) is 9.69. The highest BCUT2D eigenvalue weighted by Gasteiger charge is 2.27. The summed E-state index contributed by atoms with van der Waals surface area (Å²) in [6.45, 7) is 2.72. The van der Waals surface area contributed by atoms with Gasteiger partial charge in [0.15, 0.2) is 0 Å². The van der Waals surface area contributed by atoms with E-state index in [1.54, 1.807) is 0 Å². The summed E-state index contributed by atoms with van der Waals surface area (Å²) in [6.07, 6.45) is 5.06. The lowest BCUT2D eigenvalue weighted by Gasteiger charge is -2.34. The van der Waals surface area contributed by atoms with Crippen molar-refractivity contribution in [1.82, 2.24) is 10.6 Å². The molecule has 1 aromatic rings. The van der Waals surface area contributed by atoms with E-state index < -0.39 is 5.97 Å². The van der Waals surface area contributed by atoms with Crippen LogP contribution in [0.4, 0.5) is 10.5 Å². The predicted molar refractivity (Wildman–Crippen MR) is 101 cm³/mol. The number of hydrogen-bond donors (Lipinski definition) is 3. The highest BCUT2D eigenvalue weighted by atomic mass is 16.4. The number of anilines is 1. The molecule has 2 aliphatic rings. The number of carboxylic acid groups (broad SMARTS) is 1. The Hall–Kier alpha value is -2.24. The molecule has 6 heteroatoms. The molecule has 1 saturated carbocycles. The Bertz CT molecular complexity index is 600. The van der Waals surface area contributed by atoms with E-state index in [2.05, 4.69) is 39.8 Å². The zero-order valence-electron chi connectivity index (χ0n) is 15.2. The molecule has 0 aromatic heterocycles. The van der Waals surface area contributed by atoms with E-state index in [1.165, 1.54) is 5.69 Å². The fraction of sp³-hybridized carbons (Fsp3) is 0.600. The molecule has 2 fully saturated rings. The number of para-hydroxylation sites is 1. The molecule has 0 spiro atoms. The first kappa shape index (κ1) is 18.5. The molecule has 1 aliphatic carbocycles. The van der Waals surface area contributed by atoms with Crippen LogP contribution in [0.2, 0.25) is 0 Å². The number of rotatable bonds is 5. The minimum atomic E-state index is -0.715. The van der Waals surface area contributed by atoms with Gasteiger partial charge < -0.3 is 20.6 Å². The van der Waals surface area contributed by atoms with Gasteiger partial charge in [0.1, 0.15) is 0 Å². The smallest absolute Gasteiger partial charge is 0.315 e. The molecular weight excluding hydrogens is 330 g/mol. The average Bonchev–Trinajstić information content (AvgIpc) is 2.68. The highest BCUT2D eigenvalue weighted by Crippen LogP contribution is 2.25. The lowest BCUT2D eigenvalue weighted by Crippen LogP contribution is -2.47. The summed E-state index contributed by atoms with van der Waals surface area (Å²) >= 11 is 0. The number of amides is 2. The van der Waals surface area contributed by atoms with Gasteiger partial charge in [0, 0.05) is 31.4 Å². The molecule has 3 N–H and O–H groups in total. The van der Waals surface area contributed by atoms with Crippen molar-refractivity contribution < 1.29 is 14.7 Å². The minimum absolute atomic E-state index is 0.0952. The number of aliphatic carboxylic acids is 1. The number of piperidine rings is 1. The van der Waals surface area contributed by atoms with E-state index in [4.69, 9.17) is 5.11 Å². The summed E-state index contributed by atoms with van der Waals surface area (Å²) in [7, 11) is 0. The molecule has 1 heterocycles. The predicted octanol–water partition coefficient (Wildman–Crippen LogP) is 2.85. The topological polar surface area (TPSA) is 81.7 Å². The second-order valence-electron chi connectivity index (χ2n) is 7.53. The van der Waals surface area contributed by atoms with Crippen LogP contribution in [-0.4, -0.2) is 42.8 Å². The molecule has 0 bridgehead atoms. The summed E-state index contributed by atoms with van der Waals surface area (Å²) < 4.78 is 0. The molecule has 2 amide bonds. The third-order valence-corrected chi connectivity index (χ3v) is 5.60. The van der Waals surface area contributed by atoms with E-state index >= 15 is 0 Å². The second kappa shape index (κ2) is 8.92. The van der Waals surface area contributed by atoms with Crippen LogP contribution in [0.5, 0.6) is 0 Å². The van der Waals surface area contributed by atoms with Crippen molar-refractivity contribution in [3.63, 3.8) is 0 Å². The number of nitrogens with one attached hydrogen (secondary N) is 2. The molecule has 6 nitrogen and oxygen atoms in total. The summed E-state index contributed by atoms with van der Waals surface area (Å²) in [5.74, 6) is -0.507. The van der Waals surface area contributed by atoms with E-state index in [-0.39, 0.29) is 18.0 Å².